The molecule has 0 rings (SSSR count). The van der Waals surface area contributed by atoms with Crippen LogP contribution in [0.4, 0.5) is 0 Å². The van der Waals surface area contributed by atoms with Crippen LogP contribution in [-0.4, -0.2) is 70.0 Å². The highest BCUT2D eigenvalue weighted by Gasteiger charge is 2.00. The van der Waals surface area contributed by atoms with Gasteiger partial charge in [-0.05, 0) is 0 Å². The lowest BCUT2D eigenvalue weighted by Gasteiger charge is -2.17. The molecule has 0 radical (unpaired) electrons. The number of rotatable bonds is 6. The van der Waals surface area contributed by atoms with Gasteiger partial charge in [-0.15, -0.1) is 10.1 Å². The zero-order valence-electron chi connectivity index (χ0n) is 8.45. The van der Waals surface area contributed by atoms with Gasteiger partial charge in [0.1, 0.15) is 0 Å². The van der Waals surface area contributed by atoms with Gasteiger partial charge in [-0.2, -0.15) is 0 Å². The average molecular weight is 229 g/mol. The molecule has 0 aromatic rings. The molecule has 15 heavy (non-hydrogen) atoms. The molecule has 0 bridgehead atoms. The third-order valence-electron chi connectivity index (χ3n) is 1.25. The van der Waals surface area contributed by atoms with E-state index in [2.05, 4.69) is 0 Å². The summed E-state index contributed by atoms with van der Waals surface area (Å²) in [7, 11) is 0. The Hall–Kier alpha value is -1.00. The molecule has 0 aromatic carbocycles. The van der Waals surface area contributed by atoms with Crippen LogP contribution >= 0.6 is 0 Å². The van der Waals surface area contributed by atoms with Gasteiger partial charge in [0.15, 0.2) is 0 Å². The zero-order valence-corrected chi connectivity index (χ0v) is 8.45. The number of aliphatic hydroxyl groups is 3. The quantitative estimate of drug-likeness (QED) is 0.260. The van der Waals surface area contributed by atoms with E-state index >= 15 is 0 Å². The maximum absolute atomic E-state index is 8.48. The van der Waals surface area contributed by atoms with Crippen LogP contribution in [0, 0.1) is 10.1 Å². The summed E-state index contributed by atoms with van der Waals surface area (Å²) in [6, 6.07) is 0. The van der Waals surface area contributed by atoms with Gasteiger partial charge in [-0.25, -0.2) is 0 Å². The molecule has 0 saturated heterocycles. The summed E-state index contributed by atoms with van der Waals surface area (Å²) < 4.78 is 0. The first-order chi connectivity index (χ1) is 6.58. The van der Waals surface area contributed by atoms with Crippen molar-refractivity contribution >= 4 is 0 Å². The van der Waals surface area contributed by atoms with Crippen LogP contribution in [0.15, 0.2) is 0 Å². The smallest absolute Gasteiger partial charge is 0.291 e. The Morgan fingerprint density at radius 3 is 1.33 bits per heavy atom. The van der Waals surface area contributed by atoms with E-state index in [0.29, 0.717) is 19.6 Å². The summed E-state index contributed by atoms with van der Waals surface area (Å²) in [5.74, 6) is 0. The standard InChI is InChI=1S/C6H15NO3.HNO3.H3N/c8-4-1-7(2-5-9)3-6-10;2-1(3)4;/h8-10H,1-6H2;(H,2,3,4);1H3. The lowest BCUT2D eigenvalue weighted by Crippen LogP contribution is -2.32. The SMILES string of the molecule is N.O=[N+]([O-])O.OCCN(CCO)CCO. The van der Waals surface area contributed by atoms with Crippen LogP contribution in [0.5, 0.6) is 0 Å². The Labute approximate surface area is 87.2 Å². The molecule has 0 saturated carbocycles. The first kappa shape index (κ1) is 19.6. The molecule has 0 aromatic heterocycles. The van der Waals surface area contributed by atoms with Crippen molar-refractivity contribution in [2.75, 3.05) is 39.5 Å². The number of hydrogen-bond acceptors (Lipinski definition) is 7. The van der Waals surface area contributed by atoms with Crippen LogP contribution in [0.1, 0.15) is 0 Å². The molecule has 0 aliphatic heterocycles. The average Bonchev–Trinajstić information content (AvgIpc) is 2.04. The van der Waals surface area contributed by atoms with E-state index < -0.39 is 5.09 Å². The number of aliphatic hydroxyl groups excluding tert-OH is 3. The first-order valence-electron chi connectivity index (χ1n) is 3.96. The molecule has 0 amide bonds. The monoisotopic (exact) mass is 229 g/mol. The van der Waals surface area contributed by atoms with Crippen LogP contribution in [-0.2, 0) is 0 Å². The fraction of sp³-hybridized carbons (Fsp3) is 1.00. The Bertz CT molecular complexity index is 118. The Balaban J connectivity index is -0.000000249. The normalized spacial score (nSPS) is 8.80. The molecule has 0 fully saturated rings. The number of nitrogens with zero attached hydrogens (tertiary/aromatic N) is 2. The minimum absolute atomic E-state index is 0. The molecule has 0 unspecified atom stereocenters. The molecule has 0 atom stereocenters. The largest absolute Gasteiger partial charge is 0.395 e. The fourth-order valence-corrected chi connectivity index (χ4v) is 0.760. The Morgan fingerprint density at radius 1 is 1.00 bits per heavy atom. The molecule has 0 spiro atoms. The lowest BCUT2D eigenvalue weighted by molar-refractivity contribution is -0.742. The minimum atomic E-state index is -1.50. The fourth-order valence-electron chi connectivity index (χ4n) is 0.760. The van der Waals surface area contributed by atoms with Gasteiger partial charge in [0.25, 0.3) is 5.09 Å². The predicted molar refractivity (Wildman–Crippen MR) is 51.5 cm³/mol. The second-order valence-electron chi connectivity index (χ2n) is 2.25. The summed E-state index contributed by atoms with van der Waals surface area (Å²) in [5, 5.41) is 39.1. The molecule has 0 aliphatic carbocycles. The van der Waals surface area contributed by atoms with Crippen molar-refractivity contribution in [3.8, 4) is 0 Å². The van der Waals surface area contributed by atoms with E-state index in [0.717, 1.165) is 0 Å². The molecule has 7 N–H and O–H groups in total. The third kappa shape index (κ3) is 24.6. The molecule has 9 nitrogen and oxygen atoms in total. The van der Waals surface area contributed by atoms with Gasteiger partial charge in [0, 0.05) is 19.6 Å². The van der Waals surface area contributed by atoms with Crippen molar-refractivity contribution in [3.05, 3.63) is 10.1 Å². The Kier molecular flexibility index (Phi) is 20.2. The van der Waals surface area contributed by atoms with Crippen molar-refractivity contribution in [2.24, 2.45) is 0 Å². The second-order valence-corrected chi connectivity index (χ2v) is 2.25. The van der Waals surface area contributed by atoms with Gasteiger partial charge in [0.05, 0.1) is 19.8 Å². The molecule has 0 aliphatic rings. The molecule has 0 heterocycles. The zero-order chi connectivity index (χ0) is 11.4. The number of hydrogen-bond donors (Lipinski definition) is 5. The summed E-state index contributed by atoms with van der Waals surface area (Å²) >= 11 is 0. The highest BCUT2D eigenvalue weighted by Crippen LogP contribution is 1.84. The van der Waals surface area contributed by atoms with E-state index in [1.165, 1.54) is 0 Å². The van der Waals surface area contributed by atoms with E-state index in [1.54, 1.807) is 4.90 Å². The summed E-state index contributed by atoms with van der Waals surface area (Å²) in [6.07, 6.45) is 0. The van der Waals surface area contributed by atoms with E-state index in [4.69, 9.17) is 30.6 Å². The van der Waals surface area contributed by atoms with Crippen LogP contribution < -0.4 is 6.15 Å². The van der Waals surface area contributed by atoms with E-state index in [-0.39, 0.29) is 26.0 Å². The van der Waals surface area contributed by atoms with Gasteiger partial charge >= 0.3 is 0 Å². The molecular formula is C6H19N3O6. The third-order valence-corrected chi connectivity index (χ3v) is 1.25. The summed E-state index contributed by atoms with van der Waals surface area (Å²) in [6.45, 7) is 1.75. The predicted octanol–water partition coefficient (Wildman–Crippen LogP) is -1.92. The van der Waals surface area contributed by atoms with Crippen molar-refractivity contribution in [1.82, 2.24) is 11.1 Å². The minimum Gasteiger partial charge on any atom is -0.395 e. The van der Waals surface area contributed by atoms with Crippen LogP contribution in [0.25, 0.3) is 0 Å². The first-order valence-corrected chi connectivity index (χ1v) is 3.96. The molecular weight excluding hydrogens is 210 g/mol. The van der Waals surface area contributed by atoms with Crippen LogP contribution in [0.3, 0.4) is 0 Å². The van der Waals surface area contributed by atoms with Crippen molar-refractivity contribution in [2.45, 2.75) is 0 Å². The van der Waals surface area contributed by atoms with Gasteiger partial charge in [-0.1, -0.05) is 0 Å². The second kappa shape index (κ2) is 15.5. The maximum atomic E-state index is 8.48. The highest BCUT2D eigenvalue weighted by molar-refractivity contribution is 4.54. The summed E-state index contributed by atoms with van der Waals surface area (Å²) in [4.78, 5) is 10.2. The van der Waals surface area contributed by atoms with Crippen molar-refractivity contribution < 1.29 is 25.6 Å². The van der Waals surface area contributed by atoms with Crippen LogP contribution in [0.2, 0.25) is 0 Å². The van der Waals surface area contributed by atoms with Gasteiger partial charge in [-0.3, -0.25) is 4.90 Å². The Morgan fingerprint density at radius 2 is 1.20 bits per heavy atom. The topological polar surface area (TPSA) is 162 Å². The van der Waals surface area contributed by atoms with E-state index in [1.807, 2.05) is 0 Å². The molecule has 9 heteroatoms. The lowest BCUT2D eigenvalue weighted by atomic mass is 10.4. The van der Waals surface area contributed by atoms with Crippen molar-refractivity contribution in [3.63, 3.8) is 0 Å². The van der Waals surface area contributed by atoms with E-state index in [9.17, 15) is 0 Å². The van der Waals surface area contributed by atoms with Crippen molar-refractivity contribution in [1.29, 1.82) is 0 Å². The summed E-state index contributed by atoms with van der Waals surface area (Å²) in [5.41, 5.74) is 0. The van der Waals surface area contributed by atoms with Gasteiger partial charge < -0.3 is 26.7 Å². The maximum Gasteiger partial charge on any atom is 0.291 e. The van der Waals surface area contributed by atoms with Gasteiger partial charge in [0.2, 0.25) is 0 Å². The molecule has 94 valence electrons. The highest BCUT2D eigenvalue weighted by atomic mass is 16.9.